The Morgan fingerprint density at radius 1 is 0.774 bits per heavy atom. The van der Waals surface area contributed by atoms with Crippen molar-refractivity contribution in [1.29, 1.82) is 0 Å². The van der Waals surface area contributed by atoms with Crippen LogP contribution in [0.1, 0.15) is 17.2 Å². The van der Waals surface area contributed by atoms with Crippen LogP contribution in [0.3, 0.4) is 0 Å². The summed E-state index contributed by atoms with van der Waals surface area (Å²) >= 11 is 0. The minimum atomic E-state index is 0. The number of hydrogen-bond donors (Lipinski definition) is 0. The summed E-state index contributed by atoms with van der Waals surface area (Å²) in [5.74, 6) is 0.789. The molecule has 0 N–H and O–H groups in total. The highest BCUT2D eigenvalue weighted by Gasteiger charge is 2.27. The number of aromatic nitrogens is 4. The average Bonchev–Trinajstić information content (AvgIpc) is 3.16. The van der Waals surface area contributed by atoms with Gasteiger partial charge in [-0.25, -0.2) is 9.97 Å². The molecule has 1 fully saturated rings. The molecule has 0 saturated carbocycles. The Kier molecular flexibility index (Phi) is 7.49. The molecule has 1 saturated heterocycles. The summed E-state index contributed by atoms with van der Waals surface area (Å²) in [6.45, 7) is 3.72. The number of halogens is 2. The fourth-order valence-corrected chi connectivity index (χ4v) is 4.13. The van der Waals surface area contributed by atoms with E-state index in [2.05, 4.69) is 80.4 Å². The first-order chi connectivity index (χ1) is 14.3. The van der Waals surface area contributed by atoms with Gasteiger partial charge < -0.3 is 9.47 Å². The van der Waals surface area contributed by atoms with Gasteiger partial charge in [0.05, 0.1) is 18.6 Å². The number of imidazole rings is 1. The van der Waals surface area contributed by atoms with Gasteiger partial charge >= 0.3 is 0 Å². The first-order valence-electron chi connectivity index (χ1n) is 10.0. The van der Waals surface area contributed by atoms with E-state index in [1.54, 1.807) is 6.33 Å². The molecule has 2 aromatic carbocycles. The van der Waals surface area contributed by atoms with Crippen LogP contribution in [-0.4, -0.2) is 50.6 Å². The summed E-state index contributed by atoms with van der Waals surface area (Å²) in [5.41, 5.74) is 4.38. The number of anilines is 1. The van der Waals surface area contributed by atoms with Crippen LogP contribution in [0.15, 0.2) is 73.2 Å². The molecule has 31 heavy (non-hydrogen) atoms. The van der Waals surface area contributed by atoms with Crippen LogP contribution in [0, 0.1) is 0 Å². The first kappa shape index (κ1) is 23.0. The Balaban J connectivity index is 0.00000136. The molecule has 162 valence electrons. The molecular weight excluding hydrogens is 431 g/mol. The minimum absolute atomic E-state index is 0. The van der Waals surface area contributed by atoms with Crippen LogP contribution in [-0.2, 0) is 7.05 Å². The molecule has 0 atom stereocenters. The smallest absolute Gasteiger partial charge is 0.227 e. The van der Waals surface area contributed by atoms with Gasteiger partial charge in [-0.3, -0.25) is 4.90 Å². The summed E-state index contributed by atoms with van der Waals surface area (Å²) in [7, 11) is 1.97. The van der Waals surface area contributed by atoms with E-state index < -0.39 is 0 Å². The number of hydrogen-bond acceptors (Lipinski definition) is 5. The normalized spacial score (nSPS) is 14.3. The highest BCUT2D eigenvalue weighted by atomic mass is 35.5. The molecule has 0 amide bonds. The van der Waals surface area contributed by atoms with Crippen molar-refractivity contribution < 1.29 is 0 Å². The van der Waals surface area contributed by atoms with Crippen molar-refractivity contribution in [2.24, 2.45) is 7.05 Å². The van der Waals surface area contributed by atoms with Crippen LogP contribution in [0.5, 0.6) is 0 Å². The monoisotopic (exact) mass is 456 g/mol. The topological polar surface area (TPSA) is 50.1 Å². The third-order valence-corrected chi connectivity index (χ3v) is 5.63. The van der Waals surface area contributed by atoms with Crippen LogP contribution in [0.4, 0.5) is 5.95 Å². The third kappa shape index (κ3) is 4.66. The molecule has 0 bridgehead atoms. The predicted octanol–water partition coefficient (Wildman–Crippen LogP) is 4.12. The maximum atomic E-state index is 4.74. The van der Waals surface area contributed by atoms with E-state index in [4.69, 9.17) is 4.98 Å². The second-order valence-electron chi connectivity index (χ2n) is 7.48. The lowest BCUT2D eigenvalue weighted by Gasteiger charge is -2.39. The molecule has 1 aliphatic heterocycles. The van der Waals surface area contributed by atoms with E-state index in [1.807, 2.05) is 17.8 Å². The Bertz CT molecular complexity index is 1060. The number of fused-ring (bicyclic) bond motifs is 1. The van der Waals surface area contributed by atoms with Crippen LogP contribution >= 0.6 is 24.8 Å². The van der Waals surface area contributed by atoms with Gasteiger partial charge in [-0.2, -0.15) is 4.98 Å². The van der Waals surface area contributed by atoms with E-state index in [0.717, 1.165) is 43.3 Å². The maximum absolute atomic E-state index is 4.74. The van der Waals surface area contributed by atoms with Crippen LogP contribution < -0.4 is 4.90 Å². The number of rotatable bonds is 4. The Morgan fingerprint density at radius 3 is 1.94 bits per heavy atom. The number of piperazine rings is 1. The second-order valence-corrected chi connectivity index (χ2v) is 7.48. The molecule has 0 spiro atoms. The molecule has 0 unspecified atom stereocenters. The molecule has 6 nitrogen and oxygen atoms in total. The highest BCUT2D eigenvalue weighted by Crippen LogP contribution is 2.30. The lowest BCUT2D eigenvalue weighted by molar-refractivity contribution is 0.211. The van der Waals surface area contributed by atoms with Crippen molar-refractivity contribution >= 4 is 41.9 Å². The molecule has 2 aromatic heterocycles. The van der Waals surface area contributed by atoms with Gasteiger partial charge in [-0.15, -0.1) is 24.8 Å². The van der Waals surface area contributed by atoms with Gasteiger partial charge in [0.1, 0.15) is 5.52 Å². The summed E-state index contributed by atoms with van der Waals surface area (Å²) < 4.78 is 1.94. The van der Waals surface area contributed by atoms with Crippen LogP contribution in [0.25, 0.3) is 11.2 Å². The first-order valence-corrected chi connectivity index (χ1v) is 10.0. The predicted molar refractivity (Wildman–Crippen MR) is 129 cm³/mol. The maximum Gasteiger partial charge on any atom is 0.227 e. The van der Waals surface area contributed by atoms with Gasteiger partial charge in [-0.1, -0.05) is 60.7 Å². The van der Waals surface area contributed by atoms with Crippen molar-refractivity contribution in [2.45, 2.75) is 6.04 Å². The van der Waals surface area contributed by atoms with E-state index >= 15 is 0 Å². The van der Waals surface area contributed by atoms with Crippen molar-refractivity contribution in [3.8, 4) is 0 Å². The summed E-state index contributed by atoms with van der Waals surface area (Å²) in [4.78, 5) is 18.4. The minimum Gasteiger partial charge on any atom is -0.338 e. The summed E-state index contributed by atoms with van der Waals surface area (Å²) in [6.07, 6.45) is 3.60. The molecule has 1 aliphatic rings. The fourth-order valence-electron chi connectivity index (χ4n) is 4.13. The Morgan fingerprint density at radius 2 is 1.35 bits per heavy atom. The Hall–Kier alpha value is -2.67. The molecule has 5 rings (SSSR count). The number of aryl methyl sites for hydroxylation is 1. The number of benzene rings is 2. The zero-order valence-corrected chi connectivity index (χ0v) is 19.0. The quantitative estimate of drug-likeness (QED) is 0.462. The lowest BCUT2D eigenvalue weighted by Crippen LogP contribution is -2.48. The fraction of sp³-hybridized carbons (Fsp3) is 0.261. The third-order valence-electron chi connectivity index (χ3n) is 5.63. The summed E-state index contributed by atoms with van der Waals surface area (Å²) in [5, 5.41) is 0. The van der Waals surface area contributed by atoms with E-state index in [1.165, 1.54) is 11.1 Å². The van der Waals surface area contributed by atoms with E-state index in [9.17, 15) is 0 Å². The zero-order chi connectivity index (χ0) is 19.6. The van der Waals surface area contributed by atoms with Gasteiger partial charge in [0.15, 0.2) is 5.65 Å². The zero-order valence-electron chi connectivity index (χ0n) is 17.3. The second kappa shape index (κ2) is 10.1. The Labute approximate surface area is 194 Å². The highest BCUT2D eigenvalue weighted by molar-refractivity contribution is 5.85. The van der Waals surface area contributed by atoms with Gasteiger partial charge in [-0.05, 0) is 11.1 Å². The van der Waals surface area contributed by atoms with Gasteiger partial charge in [0.2, 0.25) is 5.95 Å². The molecule has 4 aromatic rings. The average molecular weight is 457 g/mol. The van der Waals surface area contributed by atoms with Gasteiger partial charge in [0, 0.05) is 33.2 Å². The van der Waals surface area contributed by atoms with E-state index in [0.29, 0.717) is 0 Å². The molecule has 0 aliphatic carbocycles. The van der Waals surface area contributed by atoms with Crippen molar-refractivity contribution in [3.63, 3.8) is 0 Å². The summed E-state index contributed by atoms with van der Waals surface area (Å²) in [6, 6.07) is 21.8. The van der Waals surface area contributed by atoms with Crippen LogP contribution in [0.2, 0.25) is 0 Å². The molecular formula is C23H26Cl2N6. The number of nitrogens with zero attached hydrogens (tertiary/aromatic N) is 6. The molecule has 0 radical (unpaired) electrons. The van der Waals surface area contributed by atoms with E-state index in [-0.39, 0.29) is 30.9 Å². The molecule has 8 heteroatoms. The van der Waals surface area contributed by atoms with Crippen molar-refractivity contribution in [3.05, 3.63) is 84.3 Å². The van der Waals surface area contributed by atoms with Crippen molar-refractivity contribution in [2.75, 3.05) is 31.1 Å². The van der Waals surface area contributed by atoms with Gasteiger partial charge in [0.25, 0.3) is 0 Å². The SMILES string of the molecule is Cl.Cl.Cn1cnc2cnc(N3CCN(C(c4ccccc4)c4ccccc4)CC3)nc21. The standard InChI is InChI=1S/C23H24N6.2ClH/c1-27-17-25-20-16-24-23(26-22(20)27)29-14-12-28(13-15-29)21(18-8-4-2-5-9-18)19-10-6-3-7-11-19;;/h2-11,16-17,21H,12-15H2,1H3;2*1H. The molecule has 3 heterocycles. The van der Waals surface area contributed by atoms with Crippen molar-refractivity contribution in [1.82, 2.24) is 24.4 Å². The lowest BCUT2D eigenvalue weighted by atomic mass is 9.96. The largest absolute Gasteiger partial charge is 0.338 e.